The van der Waals surface area contributed by atoms with Crippen LogP contribution < -0.4 is 10.4 Å². The number of halogens is 1. The summed E-state index contributed by atoms with van der Waals surface area (Å²) in [6, 6.07) is 19.0. The zero-order valence-corrected chi connectivity index (χ0v) is 13.8. The second kappa shape index (κ2) is 6.55. The predicted molar refractivity (Wildman–Crippen MR) is 97.9 cm³/mol. The molecule has 5 heteroatoms. The zero-order valence-electron chi connectivity index (χ0n) is 12.9. The minimum Gasteiger partial charge on any atom is -0.276 e. The lowest BCUT2D eigenvalue weighted by molar-refractivity contribution is 0.628. The Morgan fingerprint density at radius 3 is 2.67 bits per heavy atom. The van der Waals surface area contributed by atoms with Gasteiger partial charge in [0.05, 0.1) is 0 Å². The van der Waals surface area contributed by atoms with E-state index in [1.54, 1.807) is 11.3 Å². The summed E-state index contributed by atoms with van der Waals surface area (Å²) in [5, 5.41) is 3.21. The molecule has 0 saturated heterocycles. The van der Waals surface area contributed by atoms with Crippen molar-refractivity contribution < 1.29 is 4.39 Å². The maximum Gasteiger partial charge on any atom is 0.125 e. The molecule has 2 heterocycles. The molecule has 0 unspecified atom stereocenters. The van der Waals surface area contributed by atoms with E-state index < -0.39 is 0 Å². The third-order valence-corrected chi connectivity index (χ3v) is 5.11. The molecular formula is C19H16FN3S. The van der Waals surface area contributed by atoms with Gasteiger partial charge in [-0.05, 0) is 29.3 Å². The highest BCUT2D eigenvalue weighted by Crippen LogP contribution is 2.37. The highest BCUT2D eigenvalue weighted by molar-refractivity contribution is 7.19. The molecule has 0 bridgehead atoms. The topological polar surface area (TPSA) is 27.6 Å². The molecular weight excluding hydrogens is 321 g/mol. The van der Waals surface area contributed by atoms with E-state index in [1.807, 2.05) is 36.5 Å². The van der Waals surface area contributed by atoms with Gasteiger partial charge in [0.15, 0.2) is 0 Å². The highest BCUT2D eigenvalue weighted by atomic mass is 32.1. The summed E-state index contributed by atoms with van der Waals surface area (Å²) in [5.41, 5.74) is 6.77. The van der Waals surface area contributed by atoms with Crippen molar-refractivity contribution in [1.29, 1.82) is 0 Å². The SMILES string of the molecule is Fc1ccc(-c2cc3c(s2)N(NCc2ccccc2)CN=C3)cc1. The molecule has 1 aliphatic heterocycles. The summed E-state index contributed by atoms with van der Waals surface area (Å²) in [6.07, 6.45) is 1.90. The van der Waals surface area contributed by atoms with E-state index in [-0.39, 0.29) is 5.82 Å². The van der Waals surface area contributed by atoms with Crippen LogP contribution >= 0.6 is 11.3 Å². The third-order valence-electron chi connectivity index (χ3n) is 3.88. The average Bonchev–Trinajstić information content (AvgIpc) is 3.06. The number of nitrogens with zero attached hydrogens (tertiary/aromatic N) is 2. The molecule has 0 spiro atoms. The number of benzene rings is 2. The van der Waals surface area contributed by atoms with Gasteiger partial charge in [-0.1, -0.05) is 42.5 Å². The normalized spacial score (nSPS) is 13.1. The Labute approximate surface area is 144 Å². The van der Waals surface area contributed by atoms with Crippen molar-refractivity contribution in [3.8, 4) is 10.4 Å². The molecule has 3 nitrogen and oxygen atoms in total. The quantitative estimate of drug-likeness (QED) is 0.761. The summed E-state index contributed by atoms with van der Waals surface area (Å²) in [5.74, 6) is -0.215. The third kappa shape index (κ3) is 3.09. The van der Waals surface area contributed by atoms with Gasteiger partial charge in [0, 0.05) is 23.2 Å². The Hall–Kier alpha value is -2.50. The Bertz CT molecular complexity index is 856. The molecule has 0 atom stereocenters. The second-order valence-corrected chi connectivity index (χ2v) is 6.61. The van der Waals surface area contributed by atoms with Gasteiger partial charge >= 0.3 is 0 Å². The lowest BCUT2D eigenvalue weighted by Gasteiger charge is -2.25. The largest absolute Gasteiger partial charge is 0.276 e. The Morgan fingerprint density at radius 2 is 1.88 bits per heavy atom. The maximum atomic E-state index is 13.1. The molecule has 24 heavy (non-hydrogen) atoms. The fourth-order valence-electron chi connectivity index (χ4n) is 2.64. The number of hydrogen-bond donors (Lipinski definition) is 1. The van der Waals surface area contributed by atoms with E-state index in [0.29, 0.717) is 6.67 Å². The fraction of sp³-hybridized carbons (Fsp3) is 0.105. The van der Waals surface area contributed by atoms with Gasteiger partial charge in [0.1, 0.15) is 17.5 Å². The van der Waals surface area contributed by atoms with Crippen molar-refractivity contribution in [3.63, 3.8) is 0 Å². The van der Waals surface area contributed by atoms with Crippen molar-refractivity contribution in [2.75, 3.05) is 11.7 Å². The van der Waals surface area contributed by atoms with E-state index in [9.17, 15) is 4.39 Å². The standard InChI is InChI=1S/C19H16FN3S/c20-17-8-6-15(7-9-17)18-10-16-12-21-13-23(19(16)24-18)22-11-14-4-2-1-3-5-14/h1-10,12,22H,11,13H2. The van der Waals surface area contributed by atoms with Crippen LogP contribution in [0.15, 0.2) is 65.7 Å². The number of aliphatic imine (C=N–C) groups is 1. The van der Waals surface area contributed by atoms with Crippen molar-refractivity contribution in [2.24, 2.45) is 4.99 Å². The first-order valence-corrected chi connectivity index (χ1v) is 8.56. The van der Waals surface area contributed by atoms with Crippen molar-refractivity contribution in [1.82, 2.24) is 5.43 Å². The van der Waals surface area contributed by atoms with Crippen LogP contribution in [0.2, 0.25) is 0 Å². The first-order valence-electron chi connectivity index (χ1n) is 7.74. The van der Waals surface area contributed by atoms with Gasteiger partial charge in [-0.25, -0.2) is 9.82 Å². The molecule has 2 aromatic carbocycles. The lowest BCUT2D eigenvalue weighted by Crippen LogP contribution is -2.39. The first-order chi connectivity index (χ1) is 11.8. The van der Waals surface area contributed by atoms with E-state index >= 15 is 0 Å². The molecule has 1 N–H and O–H groups in total. The molecule has 3 aromatic rings. The maximum absolute atomic E-state index is 13.1. The van der Waals surface area contributed by atoms with Gasteiger partial charge in [0.2, 0.25) is 0 Å². The van der Waals surface area contributed by atoms with Crippen molar-refractivity contribution in [3.05, 3.63) is 77.6 Å². The summed E-state index contributed by atoms with van der Waals surface area (Å²) in [7, 11) is 0. The van der Waals surface area contributed by atoms with Crippen LogP contribution in [-0.4, -0.2) is 12.9 Å². The minimum atomic E-state index is -0.215. The van der Waals surface area contributed by atoms with Crippen LogP contribution in [0.25, 0.3) is 10.4 Å². The van der Waals surface area contributed by atoms with Crippen molar-refractivity contribution >= 4 is 22.6 Å². The predicted octanol–water partition coefficient (Wildman–Crippen LogP) is 4.46. The molecule has 0 aliphatic carbocycles. The number of fused-ring (bicyclic) bond motifs is 1. The lowest BCUT2D eigenvalue weighted by atomic mass is 10.1. The molecule has 1 aliphatic rings. The Balaban J connectivity index is 1.56. The summed E-state index contributed by atoms with van der Waals surface area (Å²) < 4.78 is 13.1. The number of rotatable bonds is 4. The minimum absolute atomic E-state index is 0.215. The van der Waals surface area contributed by atoms with Crippen LogP contribution in [0.1, 0.15) is 11.1 Å². The number of hydrazine groups is 1. The molecule has 0 saturated carbocycles. The molecule has 4 rings (SSSR count). The molecule has 1 aromatic heterocycles. The monoisotopic (exact) mass is 337 g/mol. The number of hydrogen-bond acceptors (Lipinski definition) is 4. The summed E-state index contributed by atoms with van der Waals surface area (Å²) >= 11 is 1.69. The first kappa shape index (κ1) is 15.1. The van der Waals surface area contributed by atoms with Crippen LogP contribution in [0, 0.1) is 5.82 Å². The summed E-state index contributed by atoms with van der Waals surface area (Å²) in [6.45, 7) is 1.34. The van der Waals surface area contributed by atoms with Crippen LogP contribution in [0.4, 0.5) is 9.39 Å². The van der Waals surface area contributed by atoms with Crippen LogP contribution in [-0.2, 0) is 6.54 Å². The average molecular weight is 337 g/mol. The van der Waals surface area contributed by atoms with E-state index in [2.05, 4.69) is 33.6 Å². The van der Waals surface area contributed by atoms with Gasteiger partial charge < -0.3 is 0 Å². The van der Waals surface area contributed by atoms with Gasteiger partial charge in [-0.2, -0.15) is 0 Å². The Morgan fingerprint density at radius 1 is 1.08 bits per heavy atom. The Kier molecular flexibility index (Phi) is 4.11. The molecule has 0 radical (unpaired) electrons. The zero-order chi connectivity index (χ0) is 16.4. The smallest absolute Gasteiger partial charge is 0.125 e. The number of nitrogens with one attached hydrogen (secondary N) is 1. The van der Waals surface area contributed by atoms with E-state index in [0.717, 1.165) is 27.5 Å². The van der Waals surface area contributed by atoms with Gasteiger partial charge in [-0.3, -0.25) is 10.0 Å². The van der Waals surface area contributed by atoms with Crippen molar-refractivity contribution in [2.45, 2.75) is 6.54 Å². The van der Waals surface area contributed by atoms with Gasteiger partial charge in [-0.15, -0.1) is 11.3 Å². The number of anilines is 1. The number of thiophene rings is 1. The fourth-order valence-corrected chi connectivity index (χ4v) is 3.75. The van der Waals surface area contributed by atoms with E-state index in [4.69, 9.17) is 0 Å². The molecule has 0 amide bonds. The summed E-state index contributed by atoms with van der Waals surface area (Å²) in [4.78, 5) is 5.53. The second-order valence-electron chi connectivity index (χ2n) is 5.58. The molecule has 120 valence electrons. The van der Waals surface area contributed by atoms with Crippen LogP contribution in [0.3, 0.4) is 0 Å². The van der Waals surface area contributed by atoms with E-state index in [1.165, 1.54) is 17.7 Å². The van der Waals surface area contributed by atoms with Crippen LogP contribution in [0.5, 0.6) is 0 Å². The highest BCUT2D eigenvalue weighted by Gasteiger charge is 2.18. The van der Waals surface area contributed by atoms with Gasteiger partial charge in [0.25, 0.3) is 0 Å². The molecule has 0 fully saturated rings.